The second-order valence-electron chi connectivity index (χ2n) is 6.33. The molecule has 0 saturated heterocycles. The molecule has 0 aliphatic carbocycles. The second-order valence-corrected chi connectivity index (χ2v) is 6.76. The molecule has 29 heavy (non-hydrogen) atoms. The highest BCUT2D eigenvalue weighted by Crippen LogP contribution is 2.16. The van der Waals surface area contributed by atoms with E-state index in [1.807, 2.05) is 31.2 Å². The predicted octanol–water partition coefficient (Wildman–Crippen LogP) is 2.69. The third-order valence-electron chi connectivity index (χ3n) is 4.20. The van der Waals surface area contributed by atoms with Crippen LogP contribution in [0.1, 0.15) is 5.56 Å². The Kier molecular flexibility index (Phi) is 5.01. The van der Waals surface area contributed by atoms with Crippen molar-refractivity contribution in [2.75, 3.05) is 12.0 Å². The fourth-order valence-corrected chi connectivity index (χ4v) is 2.84. The van der Waals surface area contributed by atoms with Gasteiger partial charge in [-0.25, -0.2) is 14.3 Å². The molecule has 1 amide bonds. The van der Waals surface area contributed by atoms with Gasteiger partial charge in [-0.05, 0) is 43.3 Å². The van der Waals surface area contributed by atoms with Crippen molar-refractivity contribution >= 4 is 28.5 Å². The molecular formula is C20H16ClN5O3. The van der Waals surface area contributed by atoms with E-state index in [9.17, 15) is 9.59 Å². The summed E-state index contributed by atoms with van der Waals surface area (Å²) in [6.45, 7) is 1.72. The quantitative estimate of drug-likeness (QED) is 0.547. The number of nitrogens with one attached hydrogen (secondary N) is 1. The lowest BCUT2D eigenvalue weighted by Crippen LogP contribution is -2.35. The van der Waals surface area contributed by atoms with E-state index in [0.717, 1.165) is 15.9 Å². The molecule has 0 aliphatic heterocycles. The van der Waals surface area contributed by atoms with E-state index in [-0.39, 0.29) is 12.0 Å². The summed E-state index contributed by atoms with van der Waals surface area (Å²) in [5.74, 6) is -0.0148. The van der Waals surface area contributed by atoms with Gasteiger partial charge in [-0.15, -0.1) is 0 Å². The summed E-state index contributed by atoms with van der Waals surface area (Å²) in [4.78, 5) is 29.1. The number of hydrogen-bond donors (Lipinski definition) is 1. The van der Waals surface area contributed by atoms with E-state index in [4.69, 9.17) is 16.3 Å². The molecular weight excluding hydrogens is 394 g/mol. The topological polar surface area (TPSA) is 91.0 Å². The van der Waals surface area contributed by atoms with Gasteiger partial charge in [-0.1, -0.05) is 29.3 Å². The highest BCUT2D eigenvalue weighted by molar-refractivity contribution is 6.30. The largest absolute Gasteiger partial charge is 0.484 e. The zero-order valence-electron chi connectivity index (χ0n) is 15.4. The average molecular weight is 410 g/mol. The Balaban J connectivity index is 1.52. The highest BCUT2D eigenvalue weighted by atomic mass is 35.5. The summed E-state index contributed by atoms with van der Waals surface area (Å²) in [6, 6.07) is 14.3. The van der Waals surface area contributed by atoms with Crippen LogP contribution in [0.25, 0.3) is 16.7 Å². The van der Waals surface area contributed by atoms with Gasteiger partial charge in [0.1, 0.15) is 17.5 Å². The second kappa shape index (κ2) is 7.76. The monoisotopic (exact) mass is 409 g/mol. The van der Waals surface area contributed by atoms with Crippen molar-refractivity contribution in [3.63, 3.8) is 0 Å². The van der Waals surface area contributed by atoms with Crippen LogP contribution in [0.3, 0.4) is 0 Å². The summed E-state index contributed by atoms with van der Waals surface area (Å²) >= 11 is 5.81. The predicted molar refractivity (Wildman–Crippen MR) is 109 cm³/mol. The molecule has 9 heteroatoms. The lowest BCUT2D eigenvalue weighted by molar-refractivity contribution is -0.119. The maximum Gasteiger partial charge on any atom is 0.283 e. The number of nitrogens with zero attached hydrogens (tertiary/aromatic N) is 4. The Hall–Kier alpha value is -3.65. The number of ether oxygens (including phenoxy) is 1. The first kappa shape index (κ1) is 18.7. The maximum atomic E-state index is 12.7. The number of carbonyl (C=O) groups excluding carboxylic acids is 1. The maximum absolute atomic E-state index is 12.7. The Labute approximate surface area is 170 Å². The Morgan fingerprint density at radius 1 is 1.14 bits per heavy atom. The zero-order chi connectivity index (χ0) is 20.4. The van der Waals surface area contributed by atoms with Crippen molar-refractivity contribution in [3.8, 4) is 11.4 Å². The summed E-state index contributed by atoms with van der Waals surface area (Å²) < 4.78 is 7.96. The molecule has 4 aromatic rings. The number of halogens is 1. The molecule has 0 radical (unpaired) electrons. The molecule has 2 heterocycles. The van der Waals surface area contributed by atoms with Crippen LogP contribution in [-0.4, -0.2) is 32.0 Å². The molecule has 0 atom stereocenters. The smallest absolute Gasteiger partial charge is 0.283 e. The van der Waals surface area contributed by atoms with Crippen LogP contribution in [0.4, 0.5) is 0 Å². The van der Waals surface area contributed by atoms with E-state index in [2.05, 4.69) is 15.5 Å². The lowest BCUT2D eigenvalue weighted by atomic mass is 10.2. The van der Waals surface area contributed by atoms with Crippen molar-refractivity contribution in [2.45, 2.75) is 6.92 Å². The molecule has 0 bridgehead atoms. The van der Waals surface area contributed by atoms with Crippen molar-refractivity contribution in [1.29, 1.82) is 0 Å². The van der Waals surface area contributed by atoms with Crippen LogP contribution in [0.5, 0.6) is 5.75 Å². The normalized spacial score (nSPS) is 10.8. The van der Waals surface area contributed by atoms with Gasteiger partial charge in [0.2, 0.25) is 0 Å². The van der Waals surface area contributed by atoms with Crippen LogP contribution in [0.15, 0.2) is 65.8 Å². The highest BCUT2D eigenvalue weighted by Gasteiger charge is 2.13. The van der Waals surface area contributed by atoms with Gasteiger partial charge >= 0.3 is 0 Å². The van der Waals surface area contributed by atoms with Crippen molar-refractivity contribution in [3.05, 3.63) is 82.0 Å². The molecule has 8 nitrogen and oxygen atoms in total. The summed E-state index contributed by atoms with van der Waals surface area (Å²) in [5.41, 5.74) is 4.33. The molecule has 4 rings (SSSR count). The van der Waals surface area contributed by atoms with Gasteiger partial charge in [-0.3, -0.25) is 15.0 Å². The standard InChI is InChI=1S/C20H16ClN5O3/c1-13-2-6-15(7-3-13)26-19-17(10-23-26)20(28)25(12-22-19)24-18(27)11-29-16-8-4-14(21)5-9-16/h2-10,12H,11H2,1H3,(H,24,27). The fourth-order valence-electron chi connectivity index (χ4n) is 2.71. The SMILES string of the molecule is Cc1ccc(-n2ncc3c(=O)n(NC(=O)COc4ccc(Cl)cc4)cnc32)cc1. The number of rotatable bonds is 5. The number of aryl methyl sites for hydroxylation is 1. The fraction of sp³-hybridized carbons (Fsp3) is 0.100. The average Bonchev–Trinajstić information content (AvgIpc) is 3.15. The summed E-state index contributed by atoms with van der Waals surface area (Å²) in [5, 5.41) is 5.10. The van der Waals surface area contributed by atoms with Gasteiger partial charge in [0.05, 0.1) is 11.9 Å². The molecule has 2 aromatic carbocycles. The van der Waals surface area contributed by atoms with Crippen molar-refractivity contribution in [1.82, 2.24) is 19.4 Å². The first-order chi connectivity index (χ1) is 14.0. The van der Waals surface area contributed by atoms with Crippen LogP contribution in [0, 0.1) is 6.92 Å². The lowest BCUT2D eigenvalue weighted by Gasteiger charge is -2.09. The number of hydrogen-bond acceptors (Lipinski definition) is 5. The Morgan fingerprint density at radius 3 is 2.59 bits per heavy atom. The minimum absolute atomic E-state index is 0.269. The number of carbonyl (C=O) groups is 1. The Morgan fingerprint density at radius 2 is 1.86 bits per heavy atom. The van der Waals surface area contributed by atoms with E-state index in [1.165, 1.54) is 12.5 Å². The van der Waals surface area contributed by atoms with Gasteiger partial charge in [-0.2, -0.15) is 5.10 Å². The van der Waals surface area contributed by atoms with Gasteiger partial charge in [0.25, 0.3) is 11.5 Å². The first-order valence-electron chi connectivity index (χ1n) is 8.72. The molecule has 1 N–H and O–H groups in total. The Bertz CT molecular complexity index is 1230. The van der Waals surface area contributed by atoms with Crippen molar-refractivity contribution in [2.24, 2.45) is 0 Å². The molecule has 0 saturated carbocycles. The molecule has 0 aliphatic rings. The van der Waals surface area contributed by atoms with E-state index in [0.29, 0.717) is 16.4 Å². The van der Waals surface area contributed by atoms with Gasteiger partial charge < -0.3 is 4.74 Å². The number of benzene rings is 2. The van der Waals surface area contributed by atoms with E-state index >= 15 is 0 Å². The third kappa shape index (κ3) is 3.97. The third-order valence-corrected chi connectivity index (χ3v) is 4.45. The van der Waals surface area contributed by atoms with Gasteiger partial charge in [0, 0.05) is 5.02 Å². The molecule has 0 spiro atoms. The summed E-state index contributed by atoms with van der Waals surface area (Å²) in [7, 11) is 0. The van der Waals surface area contributed by atoms with Crippen LogP contribution in [0.2, 0.25) is 5.02 Å². The molecule has 0 unspecified atom stereocenters. The molecule has 146 valence electrons. The summed E-state index contributed by atoms with van der Waals surface area (Å²) in [6.07, 6.45) is 2.68. The molecule has 0 fully saturated rings. The van der Waals surface area contributed by atoms with Crippen LogP contribution >= 0.6 is 11.6 Å². The number of aromatic nitrogens is 4. The van der Waals surface area contributed by atoms with Crippen LogP contribution in [-0.2, 0) is 4.79 Å². The van der Waals surface area contributed by atoms with E-state index < -0.39 is 11.5 Å². The van der Waals surface area contributed by atoms with Gasteiger partial charge in [0.15, 0.2) is 12.3 Å². The minimum atomic E-state index is -0.505. The zero-order valence-corrected chi connectivity index (χ0v) is 16.1. The minimum Gasteiger partial charge on any atom is -0.484 e. The number of fused-ring (bicyclic) bond motifs is 1. The first-order valence-corrected chi connectivity index (χ1v) is 9.10. The number of amides is 1. The van der Waals surface area contributed by atoms with Crippen LogP contribution < -0.4 is 15.7 Å². The molecule has 2 aromatic heterocycles. The van der Waals surface area contributed by atoms with E-state index in [1.54, 1.807) is 28.9 Å². The van der Waals surface area contributed by atoms with Crippen molar-refractivity contribution < 1.29 is 9.53 Å².